The van der Waals surface area contributed by atoms with Crippen LogP contribution in [0.15, 0.2) is 95.9 Å². The highest BCUT2D eigenvalue weighted by atomic mass is 32.2. The SMILES string of the molecule is O=C1/C(=C\c2cccc(OCc3cccc4ccccc34)c2)SC(=S)N1c1cccc(F)c1. The first-order valence-corrected chi connectivity index (χ1v) is 11.5. The summed E-state index contributed by atoms with van der Waals surface area (Å²) in [7, 11) is 0. The molecule has 0 unspecified atom stereocenters. The molecule has 1 aliphatic rings. The summed E-state index contributed by atoms with van der Waals surface area (Å²) < 4.78 is 20.1. The number of benzene rings is 4. The van der Waals surface area contributed by atoms with Crippen molar-refractivity contribution in [2.45, 2.75) is 6.61 Å². The van der Waals surface area contributed by atoms with Crippen molar-refractivity contribution in [1.82, 2.24) is 0 Å². The minimum absolute atomic E-state index is 0.266. The standard InChI is InChI=1S/C27H18FNO2S2/c28-21-10-5-11-22(16-21)29-26(30)25(33-27(29)32)15-18-6-3-12-23(14-18)31-17-20-9-4-8-19-7-1-2-13-24(19)20/h1-16H,17H2/b25-15+. The molecule has 5 rings (SSSR count). The van der Waals surface area contributed by atoms with Crippen molar-refractivity contribution in [3.8, 4) is 5.75 Å². The van der Waals surface area contributed by atoms with Crippen LogP contribution in [0.4, 0.5) is 10.1 Å². The number of thiocarbonyl (C=S) groups is 1. The zero-order valence-corrected chi connectivity index (χ0v) is 19.0. The molecule has 3 nitrogen and oxygen atoms in total. The maximum Gasteiger partial charge on any atom is 0.270 e. The molecule has 0 aromatic heterocycles. The Morgan fingerprint density at radius 1 is 0.939 bits per heavy atom. The third kappa shape index (κ3) is 4.53. The van der Waals surface area contributed by atoms with Crippen molar-refractivity contribution in [3.63, 3.8) is 0 Å². The van der Waals surface area contributed by atoms with Gasteiger partial charge in [0.2, 0.25) is 0 Å². The molecular weight excluding hydrogens is 453 g/mol. The van der Waals surface area contributed by atoms with Gasteiger partial charge in [-0.2, -0.15) is 0 Å². The molecule has 1 fully saturated rings. The van der Waals surface area contributed by atoms with Crippen LogP contribution in [0.2, 0.25) is 0 Å². The minimum atomic E-state index is -0.415. The van der Waals surface area contributed by atoms with Gasteiger partial charge in [0.05, 0.1) is 10.6 Å². The molecule has 1 amide bonds. The van der Waals surface area contributed by atoms with E-state index in [9.17, 15) is 9.18 Å². The van der Waals surface area contributed by atoms with Gasteiger partial charge in [-0.3, -0.25) is 9.69 Å². The lowest BCUT2D eigenvalue weighted by molar-refractivity contribution is -0.113. The van der Waals surface area contributed by atoms with Gasteiger partial charge in [-0.15, -0.1) is 0 Å². The number of amides is 1. The minimum Gasteiger partial charge on any atom is -0.489 e. The molecule has 33 heavy (non-hydrogen) atoms. The predicted molar refractivity (Wildman–Crippen MR) is 137 cm³/mol. The smallest absolute Gasteiger partial charge is 0.270 e. The maximum atomic E-state index is 13.6. The van der Waals surface area contributed by atoms with E-state index in [2.05, 4.69) is 24.3 Å². The van der Waals surface area contributed by atoms with E-state index < -0.39 is 5.82 Å². The monoisotopic (exact) mass is 471 g/mol. The number of hydrogen-bond acceptors (Lipinski definition) is 4. The second-order valence-electron chi connectivity index (χ2n) is 7.50. The number of carbonyl (C=O) groups is 1. The number of hydrogen-bond donors (Lipinski definition) is 0. The highest BCUT2D eigenvalue weighted by Crippen LogP contribution is 2.36. The quantitative estimate of drug-likeness (QED) is 0.232. The summed E-state index contributed by atoms with van der Waals surface area (Å²) in [5.74, 6) is 0.0246. The summed E-state index contributed by atoms with van der Waals surface area (Å²) in [5, 5.41) is 2.34. The van der Waals surface area contributed by atoms with Crippen molar-refractivity contribution >= 4 is 56.7 Å². The molecule has 0 bridgehead atoms. The van der Waals surface area contributed by atoms with E-state index in [1.54, 1.807) is 18.2 Å². The van der Waals surface area contributed by atoms with Crippen molar-refractivity contribution in [3.05, 3.63) is 113 Å². The first-order valence-electron chi connectivity index (χ1n) is 10.3. The molecule has 162 valence electrons. The van der Waals surface area contributed by atoms with Crippen LogP contribution in [0.5, 0.6) is 5.75 Å². The molecule has 0 saturated carbocycles. The summed E-state index contributed by atoms with van der Waals surface area (Å²) in [6.07, 6.45) is 1.78. The van der Waals surface area contributed by atoms with E-state index in [-0.39, 0.29) is 5.91 Å². The Morgan fingerprint density at radius 2 is 1.73 bits per heavy atom. The molecule has 4 aromatic rings. The van der Waals surface area contributed by atoms with E-state index in [1.165, 1.54) is 34.2 Å². The predicted octanol–water partition coefficient (Wildman–Crippen LogP) is 6.96. The molecule has 0 spiro atoms. The summed E-state index contributed by atoms with van der Waals surface area (Å²) in [5.41, 5.74) is 2.35. The summed E-state index contributed by atoms with van der Waals surface area (Å²) in [6.45, 7) is 0.437. The van der Waals surface area contributed by atoms with Gasteiger partial charge in [-0.05, 0) is 58.3 Å². The van der Waals surface area contributed by atoms with Crippen LogP contribution in [-0.2, 0) is 11.4 Å². The largest absolute Gasteiger partial charge is 0.489 e. The molecule has 6 heteroatoms. The second-order valence-corrected chi connectivity index (χ2v) is 9.17. The molecule has 0 atom stereocenters. The van der Waals surface area contributed by atoms with Gasteiger partial charge in [0.25, 0.3) is 5.91 Å². The Morgan fingerprint density at radius 3 is 2.61 bits per heavy atom. The van der Waals surface area contributed by atoms with Gasteiger partial charge in [-0.25, -0.2) is 4.39 Å². The number of fused-ring (bicyclic) bond motifs is 1. The lowest BCUT2D eigenvalue weighted by Gasteiger charge is -2.14. The summed E-state index contributed by atoms with van der Waals surface area (Å²) in [6, 6.07) is 27.8. The summed E-state index contributed by atoms with van der Waals surface area (Å²) >= 11 is 6.58. The molecular formula is C27H18FNO2S2. The lowest BCUT2D eigenvalue weighted by Crippen LogP contribution is -2.27. The molecule has 1 saturated heterocycles. The lowest BCUT2D eigenvalue weighted by atomic mass is 10.1. The van der Waals surface area contributed by atoms with Gasteiger partial charge in [-0.1, -0.05) is 84.6 Å². The van der Waals surface area contributed by atoms with E-state index in [0.29, 0.717) is 27.3 Å². The van der Waals surface area contributed by atoms with Gasteiger partial charge >= 0.3 is 0 Å². The fourth-order valence-corrected chi connectivity index (χ4v) is 5.03. The van der Waals surface area contributed by atoms with Crippen molar-refractivity contribution in [2.24, 2.45) is 0 Å². The Kier molecular flexibility index (Phi) is 5.94. The Balaban J connectivity index is 1.35. The zero-order valence-electron chi connectivity index (χ0n) is 17.4. The zero-order chi connectivity index (χ0) is 22.8. The first-order chi connectivity index (χ1) is 16.1. The average Bonchev–Trinajstić information content (AvgIpc) is 3.10. The van der Waals surface area contributed by atoms with Gasteiger partial charge in [0.15, 0.2) is 4.32 Å². The average molecular weight is 472 g/mol. The van der Waals surface area contributed by atoms with Crippen molar-refractivity contribution < 1.29 is 13.9 Å². The van der Waals surface area contributed by atoms with Crippen LogP contribution in [-0.4, -0.2) is 10.2 Å². The maximum absolute atomic E-state index is 13.6. The van der Waals surface area contributed by atoms with Crippen LogP contribution < -0.4 is 9.64 Å². The van der Waals surface area contributed by atoms with Crippen LogP contribution in [0.1, 0.15) is 11.1 Å². The van der Waals surface area contributed by atoms with Crippen LogP contribution >= 0.6 is 24.0 Å². The van der Waals surface area contributed by atoms with Crippen molar-refractivity contribution in [2.75, 3.05) is 4.90 Å². The Hall–Kier alpha value is -3.48. The molecule has 0 radical (unpaired) electrons. The molecule has 0 aliphatic carbocycles. The van der Waals surface area contributed by atoms with E-state index in [1.807, 2.05) is 42.5 Å². The Labute approximate surface area is 200 Å². The number of halogens is 1. The van der Waals surface area contributed by atoms with Crippen LogP contribution in [0.3, 0.4) is 0 Å². The third-order valence-corrected chi connectivity index (χ3v) is 6.59. The summed E-state index contributed by atoms with van der Waals surface area (Å²) in [4.78, 5) is 14.8. The van der Waals surface area contributed by atoms with Crippen LogP contribution in [0, 0.1) is 5.82 Å². The molecule has 4 aromatic carbocycles. The Bertz CT molecular complexity index is 1410. The third-order valence-electron chi connectivity index (χ3n) is 5.29. The highest BCUT2D eigenvalue weighted by Gasteiger charge is 2.33. The first kappa shape index (κ1) is 21.4. The van der Waals surface area contributed by atoms with Crippen molar-refractivity contribution in [1.29, 1.82) is 0 Å². The topological polar surface area (TPSA) is 29.5 Å². The normalized spacial score (nSPS) is 14.9. The van der Waals surface area contributed by atoms with Gasteiger partial charge in [0.1, 0.15) is 18.2 Å². The molecule has 1 heterocycles. The number of anilines is 1. The number of carbonyl (C=O) groups excluding carboxylic acids is 1. The number of thioether (sulfide) groups is 1. The fraction of sp³-hybridized carbons (Fsp3) is 0.0370. The number of nitrogens with zero attached hydrogens (tertiary/aromatic N) is 1. The van der Waals surface area contributed by atoms with E-state index in [0.717, 1.165) is 16.5 Å². The molecule has 1 aliphatic heterocycles. The van der Waals surface area contributed by atoms with E-state index in [4.69, 9.17) is 17.0 Å². The fourth-order valence-electron chi connectivity index (χ4n) is 3.73. The van der Waals surface area contributed by atoms with Gasteiger partial charge < -0.3 is 4.74 Å². The van der Waals surface area contributed by atoms with Crippen LogP contribution in [0.25, 0.3) is 16.8 Å². The van der Waals surface area contributed by atoms with E-state index >= 15 is 0 Å². The highest BCUT2D eigenvalue weighted by molar-refractivity contribution is 8.27. The molecule has 0 N–H and O–H groups in total. The second kappa shape index (κ2) is 9.17. The number of ether oxygens (including phenoxy) is 1. The van der Waals surface area contributed by atoms with Gasteiger partial charge in [0, 0.05) is 0 Å². The number of rotatable bonds is 5.